The zero-order chi connectivity index (χ0) is 42.3. The van der Waals surface area contributed by atoms with Crippen LogP contribution in [0.5, 0.6) is 0 Å². The van der Waals surface area contributed by atoms with Crippen LogP contribution in [0.3, 0.4) is 0 Å². The van der Waals surface area contributed by atoms with Crippen molar-refractivity contribution >= 4 is 5.91 Å². The van der Waals surface area contributed by atoms with Crippen molar-refractivity contribution in [3.63, 3.8) is 0 Å². The molecular formula is C49H93NO8. The van der Waals surface area contributed by atoms with Gasteiger partial charge in [0.15, 0.2) is 6.29 Å². The first-order chi connectivity index (χ1) is 28.3. The number of unbranched alkanes of at least 4 members (excludes halogenated alkanes) is 29. The van der Waals surface area contributed by atoms with Gasteiger partial charge in [0, 0.05) is 6.42 Å². The summed E-state index contributed by atoms with van der Waals surface area (Å²) in [6.07, 6.45) is 40.8. The fourth-order valence-corrected chi connectivity index (χ4v) is 7.82. The van der Waals surface area contributed by atoms with Crippen LogP contribution in [0.2, 0.25) is 0 Å². The Balaban J connectivity index is 2.34. The number of allylic oxidation sites excluding steroid dienone is 3. The summed E-state index contributed by atoms with van der Waals surface area (Å²) in [4.78, 5) is 13.0. The van der Waals surface area contributed by atoms with Crippen LogP contribution in [-0.2, 0) is 14.3 Å². The van der Waals surface area contributed by atoms with E-state index < -0.39 is 49.5 Å². The second-order valence-electron chi connectivity index (χ2n) is 17.3. The Hall–Kier alpha value is -1.33. The highest BCUT2D eigenvalue weighted by Crippen LogP contribution is 2.23. The third-order valence-electron chi connectivity index (χ3n) is 11.8. The average Bonchev–Trinajstić information content (AvgIpc) is 3.22. The topological polar surface area (TPSA) is 149 Å². The van der Waals surface area contributed by atoms with Gasteiger partial charge in [0.25, 0.3) is 0 Å². The highest BCUT2D eigenvalue weighted by Gasteiger charge is 2.44. The zero-order valence-electron chi connectivity index (χ0n) is 37.6. The van der Waals surface area contributed by atoms with Gasteiger partial charge in [-0.25, -0.2) is 0 Å². The second-order valence-corrected chi connectivity index (χ2v) is 17.3. The Bertz CT molecular complexity index is 961. The molecule has 9 heteroatoms. The lowest BCUT2D eigenvalue weighted by Gasteiger charge is -2.40. The van der Waals surface area contributed by atoms with Crippen molar-refractivity contribution in [2.24, 2.45) is 0 Å². The van der Waals surface area contributed by atoms with Crippen molar-refractivity contribution in [2.45, 2.75) is 269 Å². The van der Waals surface area contributed by atoms with E-state index in [9.17, 15) is 30.3 Å². The quantitative estimate of drug-likeness (QED) is 0.0264. The Morgan fingerprint density at radius 2 is 0.983 bits per heavy atom. The van der Waals surface area contributed by atoms with Crippen molar-refractivity contribution in [3.8, 4) is 0 Å². The lowest BCUT2D eigenvalue weighted by Crippen LogP contribution is -2.60. The van der Waals surface area contributed by atoms with E-state index in [2.05, 4.69) is 31.3 Å². The molecule has 1 heterocycles. The summed E-state index contributed by atoms with van der Waals surface area (Å²) < 4.78 is 11.2. The smallest absolute Gasteiger partial charge is 0.220 e. The van der Waals surface area contributed by atoms with Gasteiger partial charge in [0.05, 0.1) is 25.4 Å². The monoisotopic (exact) mass is 824 g/mol. The number of aliphatic hydroxyl groups is 5. The van der Waals surface area contributed by atoms with E-state index in [4.69, 9.17) is 9.47 Å². The standard InChI is InChI=1S/C49H93NO8/c1-3-5-7-9-11-13-15-17-19-21-23-25-27-29-31-33-35-37-39-45(53)50-42(41-57-49-48(56)47(55)46(54)44(40-51)58-49)43(52)38-36-34-32-30-28-26-24-22-20-18-16-14-12-10-8-6-4-2/h28,30,36,38,42-44,46-49,51-52,54-56H,3-27,29,31-35,37,39-41H2,1-2H3,(H,50,53)/b30-28+,38-36+. The number of rotatable bonds is 41. The zero-order valence-corrected chi connectivity index (χ0v) is 37.6. The molecule has 1 rings (SSSR count). The molecular weight excluding hydrogens is 731 g/mol. The lowest BCUT2D eigenvalue weighted by atomic mass is 9.99. The molecule has 58 heavy (non-hydrogen) atoms. The minimum atomic E-state index is -1.57. The number of amides is 1. The summed E-state index contributed by atoms with van der Waals surface area (Å²) in [5.41, 5.74) is 0. The summed E-state index contributed by atoms with van der Waals surface area (Å²) in [6.45, 7) is 3.77. The summed E-state index contributed by atoms with van der Waals surface area (Å²) in [7, 11) is 0. The van der Waals surface area contributed by atoms with Gasteiger partial charge in [-0.1, -0.05) is 212 Å². The average molecular weight is 824 g/mol. The molecule has 0 aliphatic carbocycles. The molecule has 0 radical (unpaired) electrons. The summed E-state index contributed by atoms with van der Waals surface area (Å²) in [5.74, 6) is -0.184. The molecule has 6 N–H and O–H groups in total. The van der Waals surface area contributed by atoms with E-state index in [1.807, 2.05) is 6.08 Å². The molecule has 0 spiro atoms. The largest absolute Gasteiger partial charge is 0.394 e. The number of hydrogen-bond acceptors (Lipinski definition) is 8. The van der Waals surface area contributed by atoms with Crippen LogP contribution in [0, 0.1) is 0 Å². The molecule has 0 aromatic rings. The third kappa shape index (κ3) is 29.8. The van der Waals surface area contributed by atoms with Crippen molar-refractivity contribution in [1.82, 2.24) is 5.32 Å². The normalized spacial score (nSPS) is 21.0. The third-order valence-corrected chi connectivity index (χ3v) is 11.8. The van der Waals surface area contributed by atoms with Crippen LogP contribution >= 0.6 is 0 Å². The van der Waals surface area contributed by atoms with Crippen molar-refractivity contribution < 1.29 is 39.8 Å². The fraction of sp³-hybridized carbons (Fsp3) is 0.898. The number of hydrogen-bond donors (Lipinski definition) is 6. The fourth-order valence-electron chi connectivity index (χ4n) is 7.82. The maximum atomic E-state index is 13.0. The van der Waals surface area contributed by atoms with Crippen LogP contribution in [0.25, 0.3) is 0 Å². The molecule has 7 atom stereocenters. The minimum Gasteiger partial charge on any atom is -0.394 e. The van der Waals surface area contributed by atoms with Gasteiger partial charge in [-0.15, -0.1) is 0 Å². The lowest BCUT2D eigenvalue weighted by molar-refractivity contribution is -0.302. The second kappa shape index (κ2) is 39.8. The SMILES string of the molecule is CCCCCCCCCCCCC/C=C/CC/C=C/C(O)C(COC1OC(CO)C(O)C(O)C1O)NC(=O)CCCCCCCCCCCCCCCCCCCC. The predicted molar refractivity (Wildman–Crippen MR) is 240 cm³/mol. The Labute approximate surface area is 356 Å². The van der Waals surface area contributed by atoms with Crippen LogP contribution < -0.4 is 5.32 Å². The van der Waals surface area contributed by atoms with E-state index in [1.165, 1.54) is 167 Å². The molecule has 342 valence electrons. The Morgan fingerprint density at radius 1 is 0.569 bits per heavy atom. The number of carbonyl (C=O) groups is 1. The van der Waals surface area contributed by atoms with E-state index in [1.54, 1.807) is 6.08 Å². The van der Waals surface area contributed by atoms with E-state index >= 15 is 0 Å². The van der Waals surface area contributed by atoms with Crippen molar-refractivity contribution in [3.05, 3.63) is 24.3 Å². The molecule has 1 amide bonds. The first-order valence-electron chi connectivity index (χ1n) is 24.6. The van der Waals surface area contributed by atoms with Gasteiger partial charge in [0.1, 0.15) is 24.4 Å². The molecule has 1 saturated heterocycles. The van der Waals surface area contributed by atoms with Gasteiger partial charge < -0.3 is 40.3 Å². The summed E-state index contributed by atoms with van der Waals surface area (Å²) in [5, 5.41) is 54.2. The van der Waals surface area contributed by atoms with Gasteiger partial charge >= 0.3 is 0 Å². The number of aliphatic hydroxyl groups excluding tert-OH is 5. The maximum absolute atomic E-state index is 13.0. The molecule has 0 bridgehead atoms. The Morgan fingerprint density at radius 3 is 1.45 bits per heavy atom. The van der Waals surface area contributed by atoms with Crippen LogP contribution in [0.15, 0.2) is 24.3 Å². The molecule has 1 aliphatic rings. The highest BCUT2D eigenvalue weighted by atomic mass is 16.7. The molecule has 1 fully saturated rings. The van der Waals surface area contributed by atoms with Gasteiger partial charge in [-0.05, 0) is 32.1 Å². The van der Waals surface area contributed by atoms with Gasteiger partial charge in [-0.3, -0.25) is 4.79 Å². The first-order valence-corrected chi connectivity index (χ1v) is 24.6. The maximum Gasteiger partial charge on any atom is 0.220 e. The molecule has 1 aliphatic heterocycles. The van der Waals surface area contributed by atoms with E-state index in [0.717, 1.165) is 38.5 Å². The highest BCUT2D eigenvalue weighted by molar-refractivity contribution is 5.76. The van der Waals surface area contributed by atoms with E-state index in [0.29, 0.717) is 6.42 Å². The number of ether oxygens (including phenoxy) is 2. The van der Waals surface area contributed by atoms with Gasteiger partial charge in [0.2, 0.25) is 5.91 Å². The van der Waals surface area contributed by atoms with Crippen LogP contribution in [0.4, 0.5) is 0 Å². The molecule has 0 aromatic carbocycles. The summed E-state index contributed by atoms with van der Waals surface area (Å²) in [6, 6.07) is -0.816. The van der Waals surface area contributed by atoms with Crippen LogP contribution in [0.1, 0.15) is 226 Å². The van der Waals surface area contributed by atoms with Gasteiger partial charge in [-0.2, -0.15) is 0 Å². The van der Waals surface area contributed by atoms with Crippen molar-refractivity contribution in [2.75, 3.05) is 13.2 Å². The summed E-state index contributed by atoms with van der Waals surface area (Å²) >= 11 is 0. The molecule has 0 aromatic heterocycles. The molecule has 7 unspecified atom stereocenters. The predicted octanol–water partition coefficient (Wildman–Crippen LogP) is 10.7. The first kappa shape index (κ1) is 54.7. The Kier molecular flexibility index (Phi) is 37.5. The minimum absolute atomic E-state index is 0.184. The molecule has 0 saturated carbocycles. The van der Waals surface area contributed by atoms with E-state index in [-0.39, 0.29) is 12.5 Å². The van der Waals surface area contributed by atoms with Crippen LogP contribution in [-0.4, -0.2) is 87.5 Å². The number of nitrogens with one attached hydrogen (secondary N) is 1. The number of carbonyl (C=O) groups excluding carboxylic acids is 1. The van der Waals surface area contributed by atoms with Crippen molar-refractivity contribution in [1.29, 1.82) is 0 Å². The molecule has 9 nitrogen and oxygen atoms in total.